The third-order valence-electron chi connectivity index (χ3n) is 3.64. The number of carbonyl (C=O) groups is 2. The molecule has 0 saturated carbocycles. The maximum absolute atomic E-state index is 12.0. The van der Waals surface area contributed by atoms with E-state index in [0.29, 0.717) is 31.4 Å². The molecule has 126 valence electrons. The Hall–Kier alpha value is -2.14. The van der Waals surface area contributed by atoms with Crippen LogP contribution in [0.3, 0.4) is 0 Å². The quantitative estimate of drug-likeness (QED) is 0.690. The van der Waals surface area contributed by atoms with Crippen LogP contribution in [-0.4, -0.2) is 18.8 Å². The normalized spacial score (nSPS) is 10.2. The molecular formula is C19H20BrNO3. The molecule has 0 atom stereocenters. The maximum atomic E-state index is 12.0. The maximum Gasteiger partial charge on any atom is 0.220 e. The van der Waals surface area contributed by atoms with Crippen LogP contribution >= 0.6 is 15.9 Å². The van der Waals surface area contributed by atoms with Crippen molar-refractivity contribution in [3.63, 3.8) is 0 Å². The minimum absolute atomic E-state index is 0.0556. The number of ether oxygens (including phenoxy) is 1. The van der Waals surface area contributed by atoms with E-state index in [-0.39, 0.29) is 11.7 Å². The first-order valence-corrected chi connectivity index (χ1v) is 8.57. The minimum atomic E-state index is -0.0653. The van der Waals surface area contributed by atoms with E-state index in [0.717, 1.165) is 15.8 Å². The van der Waals surface area contributed by atoms with Crippen LogP contribution in [0.5, 0.6) is 5.75 Å². The van der Waals surface area contributed by atoms with Gasteiger partial charge in [0.15, 0.2) is 5.78 Å². The number of benzene rings is 2. The Bertz CT molecular complexity index is 698. The van der Waals surface area contributed by atoms with Crippen LogP contribution in [0.1, 0.15) is 35.2 Å². The Labute approximate surface area is 150 Å². The van der Waals surface area contributed by atoms with Gasteiger partial charge >= 0.3 is 0 Å². The van der Waals surface area contributed by atoms with Gasteiger partial charge in [-0.3, -0.25) is 9.59 Å². The summed E-state index contributed by atoms with van der Waals surface area (Å²) in [5.74, 6) is 0.743. The zero-order valence-corrected chi connectivity index (χ0v) is 15.1. The fraction of sp³-hybridized carbons (Fsp3) is 0.263. The van der Waals surface area contributed by atoms with Gasteiger partial charge in [0.2, 0.25) is 5.91 Å². The third-order valence-corrected chi connectivity index (χ3v) is 4.17. The topological polar surface area (TPSA) is 55.4 Å². The molecule has 1 N–H and O–H groups in total. The molecule has 5 heteroatoms. The van der Waals surface area contributed by atoms with E-state index >= 15 is 0 Å². The van der Waals surface area contributed by atoms with Crippen LogP contribution in [0.4, 0.5) is 0 Å². The molecule has 1 amide bonds. The fourth-order valence-electron chi connectivity index (χ4n) is 2.32. The minimum Gasteiger partial charge on any atom is -0.496 e. The van der Waals surface area contributed by atoms with Gasteiger partial charge < -0.3 is 10.1 Å². The highest BCUT2D eigenvalue weighted by Crippen LogP contribution is 2.17. The van der Waals surface area contributed by atoms with Crippen LogP contribution in [0, 0.1) is 0 Å². The van der Waals surface area contributed by atoms with Gasteiger partial charge in [0, 0.05) is 35.0 Å². The Morgan fingerprint density at radius 3 is 2.46 bits per heavy atom. The van der Waals surface area contributed by atoms with Crippen LogP contribution < -0.4 is 10.1 Å². The molecule has 0 aromatic heterocycles. The van der Waals surface area contributed by atoms with Gasteiger partial charge in [-0.2, -0.15) is 0 Å². The van der Waals surface area contributed by atoms with E-state index in [1.165, 1.54) is 0 Å². The van der Waals surface area contributed by atoms with Crippen molar-refractivity contribution in [2.75, 3.05) is 7.11 Å². The monoisotopic (exact) mass is 389 g/mol. The van der Waals surface area contributed by atoms with Crippen molar-refractivity contribution in [1.82, 2.24) is 5.32 Å². The number of methoxy groups -OCH3 is 1. The van der Waals surface area contributed by atoms with Crippen LogP contribution in [0.15, 0.2) is 53.0 Å². The molecule has 0 radical (unpaired) electrons. The summed E-state index contributed by atoms with van der Waals surface area (Å²) in [5, 5.41) is 2.86. The molecule has 2 aromatic carbocycles. The number of halogens is 1. The number of amides is 1. The van der Waals surface area contributed by atoms with Crippen molar-refractivity contribution in [3.05, 3.63) is 64.1 Å². The smallest absolute Gasteiger partial charge is 0.220 e. The average molecular weight is 390 g/mol. The Balaban J connectivity index is 1.73. The summed E-state index contributed by atoms with van der Waals surface area (Å²) in [6.07, 6.45) is 1.23. The molecule has 0 aliphatic carbocycles. The lowest BCUT2D eigenvalue weighted by molar-refractivity contribution is -0.121. The van der Waals surface area contributed by atoms with E-state index in [2.05, 4.69) is 21.2 Å². The van der Waals surface area contributed by atoms with Crippen molar-refractivity contribution in [2.24, 2.45) is 0 Å². The summed E-state index contributed by atoms with van der Waals surface area (Å²) in [6.45, 7) is 0.420. The van der Waals surface area contributed by atoms with Gasteiger partial charge in [0.05, 0.1) is 7.11 Å². The molecule has 0 heterocycles. The molecule has 24 heavy (non-hydrogen) atoms. The van der Waals surface area contributed by atoms with Crippen molar-refractivity contribution < 1.29 is 14.3 Å². The molecule has 2 rings (SSSR count). The van der Waals surface area contributed by atoms with Gasteiger partial charge in [-0.15, -0.1) is 0 Å². The second-order valence-electron chi connectivity index (χ2n) is 5.37. The summed E-state index contributed by atoms with van der Waals surface area (Å²) in [5.41, 5.74) is 1.60. The van der Waals surface area contributed by atoms with Gasteiger partial charge in [-0.1, -0.05) is 46.3 Å². The molecular weight excluding hydrogens is 370 g/mol. The van der Waals surface area contributed by atoms with Gasteiger partial charge in [-0.05, 0) is 24.6 Å². The number of hydrogen-bond acceptors (Lipinski definition) is 3. The van der Waals surface area contributed by atoms with E-state index < -0.39 is 0 Å². The highest BCUT2D eigenvalue weighted by atomic mass is 79.9. The number of para-hydroxylation sites is 1. The summed E-state index contributed by atoms with van der Waals surface area (Å²) in [6, 6.07) is 14.8. The highest BCUT2D eigenvalue weighted by Gasteiger charge is 2.08. The lowest BCUT2D eigenvalue weighted by atomic mass is 10.1. The van der Waals surface area contributed by atoms with Gasteiger partial charge in [-0.25, -0.2) is 0 Å². The number of Topliss-reactive ketones (excluding diaryl/α,β-unsaturated/α-hetero) is 1. The second-order valence-corrected chi connectivity index (χ2v) is 6.29. The first-order chi connectivity index (χ1) is 11.6. The summed E-state index contributed by atoms with van der Waals surface area (Å²) >= 11 is 3.34. The van der Waals surface area contributed by atoms with E-state index in [1.807, 2.05) is 36.4 Å². The molecule has 4 nitrogen and oxygen atoms in total. The van der Waals surface area contributed by atoms with Crippen molar-refractivity contribution in [1.29, 1.82) is 0 Å². The van der Waals surface area contributed by atoms with Crippen molar-refractivity contribution >= 4 is 27.6 Å². The van der Waals surface area contributed by atoms with E-state index in [4.69, 9.17) is 4.74 Å². The van der Waals surface area contributed by atoms with Crippen molar-refractivity contribution in [2.45, 2.75) is 25.8 Å². The number of hydrogen-bond donors (Lipinski definition) is 1. The third kappa shape index (κ3) is 5.49. The number of carbonyl (C=O) groups excluding carboxylic acids is 2. The van der Waals surface area contributed by atoms with Crippen LogP contribution in [-0.2, 0) is 11.3 Å². The van der Waals surface area contributed by atoms with Crippen LogP contribution in [0.25, 0.3) is 0 Å². The molecule has 0 aliphatic rings. The zero-order valence-electron chi connectivity index (χ0n) is 13.5. The predicted octanol–water partition coefficient (Wildman–Crippen LogP) is 4.13. The number of rotatable bonds is 8. The molecule has 0 bridgehead atoms. The summed E-state index contributed by atoms with van der Waals surface area (Å²) in [7, 11) is 1.61. The fourth-order valence-corrected chi connectivity index (χ4v) is 2.59. The number of ketones is 1. The van der Waals surface area contributed by atoms with Gasteiger partial charge in [0.25, 0.3) is 0 Å². The SMILES string of the molecule is COc1ccccc1CNC(=O)CCCC(=O)c1ccc(Br)cc1. The molecule has 0 aliphatic heterocycles. The van der Waals surface area contributed by atoms with Crippen molar-refractivity contribution in [3.8, 4) is 5.75 Å². The molecule has 0 saturated heterocycles. The number of nitrogens with one attached hydrogen (secondary N) is 1. The Morgan fingerprint density at radius 2 is 1.75 bits per heavy atom. The summed E-state index contributed by atoms with van der Waals surface area (Å²) < 4.78 is 6.19. The Morgan fingerprint density at radius 1 is 1.04 bits per heavy atom. The lowest BCUT2D eigenvalue weighted by Gasteiger charge is -2.09. The second kappa shape index (κ2) is 9.23. The molecule has 2 aromatic rings. The first kappa shape index (κ1) is 18.2. The van der Waals surface area contributed by atoms with Gasteiger partial charge in [0.1, 0.15) is 5.75 Å². The standard InChI is InChI=1S/C19H20BrNO3/c1-24-18-7-3-2-5-15(18)13-21-19(23)8-4-6-17(22)14-9-11-16(20)12-10-14/h2-3,5,7,9-12H,4,6,8,13H2,1H3,(H,21,23). The van der Waals surface area contributed by atoms with E-state index in [1.54, 1.807) is 19.2 Å². The highest BCUT2D eigenvalue weighted by molar-refractivity contribution is 9.10. The predicted molar refractivity (Wildman–Crippen MR) is 97.2 cm³/mol. The average Bonchev–Trinajstić information content (AvgIpc) is 2.60. The molecule has 0 fully saturated rings. The molecule has 0 unspecified atom stereocenters. The summed E-state index contributed by atoms with van der Waals surface area (Å²) in [4.78, 5) is 23.9. The van der Waals surface area contributed by atoms with Crippen LogP contribution in [0.2, 0.25) is 0 Å². The first-order valence-electron chi connectivity index (χ1n) is 7.77. The largest absolute Gasteiger partial charge is 0.496 e. The molecule has 0 spiro atoms. The zero-order chi connectivity index (χ0) is 17.4. The lowest BCUT2D eigenvalue weighted by Crippen LogP contribution is -2.22. The van der Waals surface area contributed by atoms with E-state index in [9.17, 15) is 9.59 Å². The Kier molecular flexibility index (Phi) is 7.00.